The molecule has 0 bridgehead atoms. The molecule has 1 aromatic carbocycles. The Morgan fingerprint density at radius 1 is 1.32 bits per heavy atom. The second-order valence-electron chi connectivity index (χ2n) is 6.87. The van der Waals surface area contributed by atoms with Gasteiger partial charge >= 0.3 is 0 Å². The maximum Gasteiger partial charge on any atom is 0.225 e. The summed E-state index contributed by atoms with van der Waals surface area (Å²) in [5.41, 5.74) is 1.92. The summed E-state index contributed by atoms with van der Waals surface area (Å²) in [7, 11) is 0. The SMILES string of the molecule is CCOc1ccccc1CNC(=O)C1CCCN(c2nc3cccnc3s2)C1. The first-order valence-electron chi connectivity index (χ1n) is 9.69. The second kappa shape index (κ2) is 8.56. The van der Waals surface area contributed by atoms with Gasteiger partial charge in [-0.2, -0.15) is 0 Å². The number of ether oxygens (including phenoxy) is 1. The molecule has 1 saturated heterocycles. The van der Waals surface area contributed by atoms with Crippen molar-refractivity contribution in [3.63, 3.8) is 0 Å². The number of nitrogens with one attached hydrogen (secondary N) is 1. The van der Waals surface area contributed by atoms with E-state index in [4.69, 9.17) is 4.74 Å². The maximum atomic E-state index is 12.8. The van der Waals surface area contributed by atoms with Crippen LogP contribution in [0.3, 0.4) is 0 Å². The van der Waals surface area contributed by atoms with Gasteiger partial charge < -0.3 is 15.0 Å². The summed E-state index contributed by atoms with van der Waals surface area (Å²) < 4.78 is 5.65. The van der Waals surface area contributed by atoms with E-state index in [0.29, 0.717) is 19.7 Å². The van der Waals surface area contributed by atoms with Gasteiger partial charge in [0, 0.05) is 31.4 Å². The first-order chi connectivity index (χ1) is 13.7. The van der Waals surface area contributed by atoms with Crippen LogP contribution in [0.1, 0.15) is 25.3 Å². The lowest BCUT2D eigenvalue weighted by Gasteiger charge is -2.31. The molecular weight excluding hydrogens is 372 g/mol. The number of para-hydroxylation sites is 1. The van der Waals surface area contributed by atoms with Crippen LogP contribution in [0, 0.1) is 5.92 Å². The molecule has 1 N–H and O–H groups in total. The molecule has 7 heteroatoms. The predicted molar refractivity (Wildman–Crippen MR) is 112 cm³/mol. The van der Waals surface area contributed by atoms with Crippen molar-refractivity contribution in [3.8, 4) is 5.75 Å². The Balaban J connectivity index is 1.39. The van der Waals surface area contributed by atoms with E-state index in [1.54, 1.807) is 17.5 Å². The van der Waals surface area contributed by atoms with Crippen LogP contribution in [0.5, 0.6) is 5.75 Å². The maximum absolute atomic E-state index is 12.8. The van der Waals surface area contributed by atoms with Crippen molar-refractivity contribution in [2.24, 2.45) is 5.92 Å². The zero-order valence-electron chi connectivity index (χ0n) is 15.9. The van der Waals surface area contributed by atoms with E-state index in [1.807, 2.05) is 43.3 Å². The number of thiazole rings is 1. The minimum atomic E-state index is -0.0343. The summed E-state index contributed by atoms with van der Waals surface area (Å²) in [6, 6.07) is 11.7. The Labute approximate surface area is 168 Å². The standard InChI is InChI=1S/C21H24N4O2S/c1-2-27-18-10-4-3-7-15(18)13-23-19(26)16-8-6-12-25(14-16)21-24-17-9-5-11-22-20(17)28-21/h3-5,7,9-11,16H,2,6,8,12-14H2,1H3,(H,23,26). The zero-order chi connectivity index (χ0) is 19.3. The van der Waals surface area contributed by atoms with E-state index in [9.17, 15) is 4.79 Å². The van der Waals surface area contributed by atoms with Crippen molar-refractivity contribution in [2.75, 3.05) is 24.6 Å². The van der Waals surface area contributed by atoms with Crippen molar-refractivity contribution in [1.82, 2.24) is 15.3 Å². The number of piperidine rings is 1. The fourth-order valence-electron chi connectivity index (χ4n) is 3.53. The van der Waals surface area contributed by atoms with Gasteiger partial charge in [-0.25, -0.2) is 9.97 Å². The van der Waals surface area contributed by atoms with Gasteiger partial charge in [-0.3, -0.25) is 4.79 Å². The molecule has 0 spiro atoms. The van der Waals surface area contributed by atoms with Gasteiger partial charge in [0.25, 0.3) is 0 Å². The lowest BCUT2D eigenvalue weighted by molar-refractivity contribution is -0.125. The highest BCUT2D eigenvalue weighted by Crippen LogP contribution is 2.30. The van der Waals surface area contributed by atoms with Crippen LogP contribution in [0.4, 0.5) is 5.13 Å². The van der Waals surface area contributed by atoms with Gasteiger partial charge in [0.15, 0.2) is 5.13 Å². The number of carbonyl (C=O) groups excluding carboxylic acids is 1. The fraction of sp³-hybridized carbons (Fsp3) is 0.381. The normalized spacial score (nSPS) is 16.9. The number of nitrogens with zero attached hydrogens (tertiary/aromatic N) is 3. The average Bonchev–Trinajstić information content (AvgIpc) is 3.18. The Morgan fingerprint density at radius 3 is 3.07 bits per heavy atom. The number of anilines is 1. The van der Waals surface area contributed by atoms with E-state index < -0.39 is 0 Å². The molecule has 1 unspecified atom stereocenters. The molecule has 1 fully saturated rings. The minimum absolute atomic E-state index is 0.0343. The highest BCUT2D eigenvalue weighted by molar-refractivity contribution is 7.21. The number of amides is 1. The van der Waals surface area contributed by atoms with Crippen LogP contribution in [0.2, 0.25) is 0 Å². The molecule has 3 heterocycles. The molecule has 1 aliphatic rings. The Bertz CT molecular complexity index is 925. The van der Waals surface area contributed by atoms with Crippen molar-refractivity contribution >= 4 is 32.7 Å². The third kappa shape index (κ3) is 4.09. The number of hydrogen-bond acceptors (Lipinski definition) is 6. The number of rotatable bonds is 6. The number of benzene rings is 1. The van der Waals surface area contributed by atoms with Crippen molar-refractivity contribution in [3.05, 3.63) is 48.2 Å². The Morgan fingerprint density at radius 2 is 2.21 bits per heavy atom. The summed E-state index contributed by atoms with van der Waals surface area (Å²) in [6.45, 7) is 4.68. The van der Waals surface area contributed by atoms with Gasteiger partial charge in [-0.1, -0.05) is 29.5 Å². The zero-order valence-corrected chi connectivity index (χ0v) is 16.7. The monoisotopic (exact) mass is 396 g/mol. The van der Waals surface area contributed by atoms with Crippen LogP contribution in [0.25, 0.3) is 10.3 Å². The van der Waals surface area contributed by atoms with Crippen molar-refractivity contribution < 1.29 is 9.53 Å². The number of aromatic nitrogens is 2. The van der Waals surface area contributed by atoms with Gasteiger partial charge in [0.1, 0.15) is 16.1 Å². The van der Waals surface area contributed by atoms with E-state index in [0.717, 1.165) is 46.2 Å². The highest BCUT2D eigenvalue weighted by atomic mass is 32.1. The van der Waals surface area contributed by atoms with Gasteiger partial charge in [-0.15, -0.1) is 0 Å². The molecule has 1 aliphatic heterocycles. The molecule has 28 heavy (non-hydrogen) atoms. The molecule has 0 saturated carbocycles. The number of hydrogen-bond donors (Lipinski definition) is 1. The number of pyridine rings is 1. The molecule has 146 valence electrons. The van der Waals surface area contributed by atoms with E-state index >= 15 is 0 Å². The van der Waals surface area contributed by atoms with Crippen LogP contribution >= 0.6 is 11.3 Å². The molecule has 0 radical (unpaired) electrons. The minimum Gasteiger partial charge on any atom is -0.494 e. The summed E-state index contributed by atoms with van der Waals surface area (Å²) in [6.07, 6.45) is 3.67. The number of fused-ring (bicyclic) bond motifs is 1. The molecule has 0 aliphatic carbocycles. The third-order valence-corrected chi connectivity index (χ3v) is 5.98. The molecular formula is C21H24N4O2S. The van der Waals surface area contributed by atoms with Gasteiger partial charge in [0.2, 0.25) is 5.91 Å². The van der Waals surface area contributed by atoms with Gasteiger partial charge in [0.05, 0.1) is 12.5 Å². The quantitative estimate of drug-likeness (QED) is 0.689. The van der Waals surface area contributed by atoms with Crippen molar-refractivity contribution in [2.45, 2.75) is 26.3 Å². The smallest absolute Gasteiger partial charge is 0.225 e. The summed E-state index contributed by atoms with van der Waals surface area (Å²) in [4.78, 5) is 25.0. The first kappa shape index (κ1) is 18.7. The van der Waals surface area contributed by atoms with E-state index in [2.05, 4.69) is 20.2 Å². The largest absolute Gasteiger partial charge is 0.494 e. The molecule has 6 nitrogen and oxygen atoms in total. The summed E-state index contributed by atoms with van der Waals surface area (Å²) >= 11 is 1.59. The highest BCUT2D eigenvalue weighted by Gasteiger charge is 2.27. The van der Waals surface area contributed by atoms with Crippen LogP contribution in [-0.4, -0.2) is 35.6 Å². The Hall–Kier alpha value is -2.67. The molecule has 1 amide bonds. The van der Waals surface area contributed by atoms with Crippen LogP contribution < -0.4 is 15.0 Å². The van der Waals surface area contributed by atoms with Crippen LogP contribution in [0.15, 0.2) is 42.6 Å². The fourth-order valence-corrected chi connectivity index (χ4v) is 4.48. The van der Waals surface area contributed by atoms with E-state index in [-0.39, 0.29) is 11.8 Å². The number of carbonyl (C=O) groups is 1. The molecule has 3 aromatic rings. The second-order valence-corrected chi connectivity index (χ2v) is 7.82. The summed E-state index contributed by atoms with van der Waals surface area (Å²) in [5.74, 6) is 0.890. The third-order valence-electron chi connectivity index (χ3n) is 4.94. The first-order valence-corrected chi connectivity index (χ1v) is 10.5. The van der Waals surface area contributed by atoms with Crippen LogP contribution in [-0.2, 0) is 11.3 Å². The Kier molecular flexibility index (Phi) is 5.71. The predicted octanol–water partition coefficient (Wildman–Crippen LogP) is 3.62. The van der Waals surface area contributed by atoms with Crippen molar-refractivity contribution in [1.29, 1.82) is 0 Å². The summed E-state index contributed by atoms with van der Waals surface area (Å²) in [5, 5.41) is 4.04. The lowest BCUT2D eigenvalue weighted by Crippen LogP contribution is -2.43. The molecule has 1 atom stereocenters. The molecule has 2 aromatic heterocycles. The average molecular weight is 397 g/mol. The van der Waals surface area contributed by atoms with Gasteiger partial charge in [-0.05, 0) is 38.0 Å². The topological polar surface area (TPSA) is 67.3 Å². The lowest BCUT2D eigenvalue weighted by atomic mass is 9.97. The van der Waals surface area contributed by atoms with E-state index in [1.165, 1.54) is 0 Å². The molecule has 4 rings (SSSR count).